The lowest BCUT2D eigenvalue weighted by molar-refractivity contribution is -0.0456. The van der Waals surface area contributed by atoms with Gasteiger partial charge in [0.2, 0.25) is 0 Å². The van der Waals surface area contributed by atoms with E-state index in [9.17, 15) is 0 Å². The van der Waals surface area contributed by atoms with Crippen LogP contribution in [-0.4, -0.2) is 69.9 Å². The average molecular weight is 474 g/mol. The average Bonchev–Trinajstić information content (AvgIpc) is 3.10. The van der Waals surface area contributed by atoms with E-state index in [-0.39, 0.29) is 0 Å². The Labute approximate surface area is 209 Å². The summed E-state index contributed by atoms with van der Waals surface area (Å²) in [6.45, 7) is 15.1. The molecule has 3 saturated carbocycles. The lowest BCUT2D eigenvalue weighted by Crippen LogP contribution is -2.59. The second-order valence-corrected chi connectivity index (χ2v) is 14.8. The molecule has 6 fully saturated rings. The van der Waals surface area contributed by atoms with Gasteiger partial charge in [-0.25, -0.2) is 0 Å². The van der Waals surface area contributed by atoms with E-state index >= 15 is 0 Å². The molecule has 0 aromatic heterocycles. The molecule has 0 aromatic carbocycles. The van der Waals surface area contributed by atoms with Crippen LogP contribution in [0.3, 0.4) is 0 Å². The molecule has 3 heterocycles. The minimum atomic E-state index is 0.509. The topological polar surface area (TPSA) is 9.72 Å². The van der Waals surface area contributed by atoms with Crippen LogP contribution in [0.15, 0.2) is 0 Å². The third kappa shape index (κ3) is 3.96. The van der Waals surface area contributed by atoms with Crippen LogP contribution >= 0.6 is 12.6 Å². The fourth-order valence-corrected chi connectivity index (χ4v) is 10.2. The predicted molar refractivity (Wildman–Crippen MR) is 142 cm³/mol. The van der Waals surface area contributed by atoms with Gasteiger partial charge in [-0.2, -0.15) is 12.6 Å². The third-order valence-electron chi connectivity index (χ3n) is 11.8. The lowest BCUT2D eigenvalue weighted by atomic mass is 9.65. The van der Waals surface area contributed by atoms with E-state index in [1.807, 2.05) is 0 Å². The standard InChI is InChI=1S/C29H51N3S/c1-21(2)30-14-11-28(12-15-30)19-24(28)25-6-9-29(32(25)22(3)4)17-23(18-29)16-26(33)31-13-10-27(20-31)7-5-8-27/h21-26,33H,5-20H2,1-4H3. The summed E-state index contributed by atoms with van der Waals surface area (Å²) in [5, 5.41) is 0.509. The Morgan fingerprint density at radius 2 is 1.52 bits per heavy atom. The zero-order valence-electron chi connectivity index (χ0n) is 22.1. The van der Waals surface area contributed by atoms with Crippen LogP contribution < -0.4 is 0 Å². The molecule has 3 aliphatic heterocycles. The van der Waals surface area contributed by atoms with E-state index < -0.39 is 0 Å². The van der Waals surface area contributed by atoms with Gasteiger partial charge in [-0.05, 0) is 141 Å². The monoisotopic (exact) mass is 473 g/mol. The van der Waals surface area contributed by atoms with Crippen LogP contribution in [0.2, 0.25) is 0 Å². The molecular formula is C29H51N3S. The highest BCUT2D eigenvalue weighted by atomic mass is 32.1. The minimum Gasteiger partial charge on any atom is -0.301 e. The summed E-state index contributed by atoms with van der Waals surface area (Å²) < 4.78 is 0. The van der Waals surface area contributed by atoms with Gasteiger partial charge in [0.1, 0.15) is 0 Å². The smallest absolute Gasteiger partial charge is 0.0530 e. The quantitative estimate of drug-likeness (QED) is 0.471. The van der Waals surface area contributed by atoms with Gasteiger partial charge in [-0.1, -0.05) is 6.42 Å². The van der Waals surface area contributed by atoms with Crippen LogP contribution in [0.4, 0.5) is 0 Å². The number of nitrogens with zero attached hydrogens (tertiary/aromatic N) is 3. The maximum Gasteiger partial charge on any atom is 0.0530 e. The van der Waals surface area contributed by atoms with Gasteiger partial charge in [0.15, 0.2) is 0 Å². The van der Waals surface area contributed by atoms with Gasteiger partial charge in [0.25, 0.3) is 0 Å². The summed E-state index contributed by atoms with van der Waals surface area (Å²) in [5.41, 5.74) is 1.96. The maximum atomic E-state index is 5.14. The summed E-state index contributed by atoms with van der Waals surface area (Å²) >= 11 is 5.14. The van der Waals surface area contributed by atoms with Crippen molar-refractivity contribution < 1.29 is 0 Å². The van der Waals surface area contributed by atoms with Crippen LogP contribution in [-0.2, 0) is 0 Å². The van der Waals surface area contributed by atoms with E-state index in [2.05, 4.69) is 42.4 Å². The highest BCUT2D eigenvalue weighted by Crippen LogP contribution is 2.66. The summed E-state index contributed by atoms with van der Waals surface area (Å²) in [6, 6.07) is 2.31. The normalized spacial score (nSPS) is 41.4. The SMILES string of the molecule is CC(C)N1CCC2(CC1)CC2C1CCC2(CC(CC(S)N3CCC4(CCC4)C3)C2)N1C(C)C. The Morgan fingerprint density at radius 1 is 0.818 bits per heavy atom. The molecule has 3 atom stereocenters. The van der Waals surface area contributed by atoms with Crippen molar-refractivity contribution in [1.82, 2.24) is 14.7 Å². The number of piperidine rings is 1. The molecule has 0 amide bonds. The van der Waals surface area contributed by atoms with Crippen LogP contribution in [0.5, 0.6) is 0 Å². The van der Waals surface area contributed by atoms with Crippen molar-refractivity contribution in [2.24, 2.45) is 22.7 Å². The van der Waals surface area contributed by atoms with Crippen LogP contribution in [0.25, 0.3) is 0 Å². The van der Waals surface area contributed by atoms with Gasteiger partial charge in [-0.3, -0.25) is 9.80 Å². The van der Waals surface area contributed by atoms with Crippen LogP contribution in [0, 0.1) is 22.7 Å². The summed E-state index contributed by atoms with van der Waals surface area (Å²) in [4.78, 5) is 8.53. The van der Waals surface area contributed by atoms with E-state index in [1.165, 1.54) is 103 Å². The molecule has 3 nitrogen and oxygen atoms in total. The molecule has 3 aliphatic carbocycles. The summed E-state index contributed by atoms with van der Waals surface area (Å²) in [7, 11) is 0. The third-order valence-corrected chi connectivity index (χ3v) is 12.3. The summed E-state index contributed by atoms with van der Waals surface area (Å²) in [5.74, 6) is 1.90. The molecule has 6 aliphatic rings. The van der Waals surface area contributed by atoms with Crippen molar-refractivity contribution in [3.8, 4) is 0 Å². The largest absolute Gasteiger partial charge is 0.301 e. The zero-order chi connectivity index (χ0) is 23.0. The van der Waals surface area contributed by atoms with E-state index in [4.69, 9.17) is 12.6 Å². The van der Waals surface area contributed by atoms with Crippen molar-refractivity contribution in [1.29, 1.82) is 0 Å². The number of hydrogen-bond donors (Lipinski definition) is 1. The van der Waals surface area contributed by atoms with Gasteiger partial charge >= 0.3 is 0 Å². The Morgan fingerprint density at radius 3 is 2.09 bits per heavy atom. The highest BCUT2D eigenvalue weighted by molar-refractivity contribution is 7.80. The predicted octanol–water partition coefficient (Wildman–Crippen LogP) is 6.04. The molecule has 0 bridgehead atoms. The first-order valence-electron chi connectivity index (χ1n) is 14.7. The molecule has 0 radical (unpaired) electrons. The number of rotatable bonds is 6. The Hall–Kier alpha value is 0.230. The minimum absolute atomic E-state index is 0.509. The fraction of sp³-hybridized carbons (Fsp3) is 1.00. The van der Waals surface area contributed by atoms with Crippen molar-refractivity contribution in [2.75, 3.05) is 26.2 Å². The maximum absolute atomic E-state index is 5.14. The number of thiol groups is 1. The van der Waals surface area contributed by atoms with Crippen molar-refractivity contribution in [2.45, 2.75) is 134 Å². The second-order valence-electron chi connectivity index (χ2n) is 14.2. The Bertz CT molecular complexity index is 716. The Kier molecular flexibility index (Phi) is 6.00. The van der Waals surface area contributed by atoms with Crippen LogP contribution in [0.1, 0.15) is 105 Å². The first-order valence-corrected chi connectivity index (χ1v) is 15.2. The van der Waals surface area contributed by atoms with Crippen molar-refractivity contribution in [3.05, 3.63) is 0 Å². The molecule has 188 valence electrons. The molecular weight excluding hydrogens is 422 g/mol. The molecule has 33 heavy (non-hydrogen) atoms. The lowest BCUT2D eigenvalue weighted by Gasteiger charge is -2.55. The van der Waals surface area contributed by atoms with Crippen molar-refractivity contribution >= 4 is 12.6 Å². The number of hydrogen-bond acceptors (Lipinski definition) is 4. The number of likely N-dealkylation sites (tertiary alicyclic amines) is 3. The molecule has 3 spiro atoms. The van der Waals surface area contributed by atoms with Gasteiger partial charge < -0.3 is 4.90 Å². The molecule has 0 aromatic rings. The summed E-state index contributed by atoms with van der Waals surface area (Å²) in [6.07, 6.45) is 17.5. The first-order chi connectivity index (χ1) is 15.7. The molecule has 3 unspecified atom stereocenters. The van der Waals surface area contributed by atoms with E-state index in [0.717, 1.165) is 23.9 Å². The van der Waals surface area contributed by atoms with E-state index in [0.29, 0.717) is 27.8 Å². The van der Waals surface area contributed by atoms with Crippen molar-refractivity contribution in [3.63, 3.8) is 0 Å². The van der Waals surface area contributed by atoms with E-state index in [1.54, 1.807) is 0 Å². The second kappa shape index (κ2) is 8.38. The first kappa shape index (κ1) is 23.6. The van der Waals surface area contributed by atoms with Gasteiger partial charge in [0.05, 0.1) is 5.37 Å². The molecule has 3 saturated heterocycles. The van der Waals surface area contributed by atoms with Gasteiger partial charge in [0, 0.05) is 30.2 Å². The fourth-order valence-electron chi connectivity index (χ4n) is 9.70. The molecule has 4 heteroatoms. The Balaban J connectivity index is 1.04. The molecule has 6 rings (SSSR count). The highest BCUT2D eigenvalue weighted by Gasteiger charge is 2.64. The van der Waals surface area contributed by atoms with Gasteiger partial charge in [-0.15, -0.1) is 0 Å². The molecule has 0 N–H and O–H groups in total. The zero-order valence-corrected chi connectivity index (χ0v) is 23.0.